The van der Waals surface area contributed by atoms with E-state index in [0.29, 0.717) is 0 Å². The lowest BCUT2D eigenvalue weighted by molar-refractivity contribution is 0.112. The highest BCUT2D eigenvalue weighted by molar-refractivity contribution is 5.77. The van der Waals surface area contributed by atoms with Crippen LogP contribution in [-0.4, -0.2) is 25.8 Å². The minimum atomic E-state index is 0.759. The summed E-state index contributed by atoms with van der Waals surface area (Å²) < 4.78 is 3.89. The maximum Gasteiger partial charge on any atom is 0.151 e. The first kappa shape index (κ1) is 10.6. The van der Waals surface area contributed by atoms with Crippen molar-refractivity contribution in [3.63, 3.8) is 0 Å². The zero-order valence-corrected chi connectivity index (χ0v) is 9.42. The summed E-state index contributed by atoms with van der Waals surface area (Å²) in [6, 6.07) is 1.91. The van der Waals surface area contributed by atoms with Crippen LogP contribution in [0.5, 0.6) is 0 Å². The SMILES string of the molecule is Cc1cc(C=O)c(C)n1CCn1ccnn1. The zero-order valence-electron chi connectivity index (χ0n) is 9.42. The third-order valence-corrected chi connectivity index (χ3v) is 2.76. The molecule has 0 aromatic carbocycles. The molecule has 0 unspecified atom stereocenters. The molecule has 0 bridgehead atoms. The molecule has 0 fully saturated rings. The average molecular weight is 218 g/mol. The van der Waals surface area contributed by atoms with E-state index in [2.05, 4.69) is 14.9 Å². The number of aldehydes is 1. The number of nitrogens with zero attached hydrogens (tertiary/aromatic N) is 4. The maximum atomic E-state index is 10.8. The third-order valence-electron chi connectivity index (χ3n) is 2.76. The number of rotatable bonds is 4. The summed E-state index contributed by atoms with van der Waals surface area (Å²) in [7, 11) is 0. The van der Waals surface area contributed by atoms with Crippen LogP contribution in [0.3, 0.4) is 0 Å². The van der Waals surface area contributed by atoms with Gasteiger partial charge in [-0.25, -0.2) is 0 Å². The molecule has 5 nitrogen and oxygen atoms in total. The molecule has 2 aromatic rings. The molecule has 0 saturated heterocycles. The summed E-state index contributed by atoms with van der Waals surface area (Å²) >= 11 is 0. The Hall–Kier alpha value is -1.91. The second-order valence-corrected chi connectivity index (χ2v) is 3.76. The van der Waals surface area contributed by atoms with Crippen molar-refractivity contribution in [3.8, 4) is 0 Å². The van der Waals surface area contributed by atoms with Gasteiger partial charge in [0.05, 0.1) is 12.7 Å². The standard InChI is InChI=1S/C11H14N4O/c1-9-7-11(8-16)10(2)15(9)6-5-14-4-3-12-13-14/h3-4,7-8H,5-6H2,1-2H3. The summed E-state index contributed by atoms with van der Waals surface area (Å²) in [5.74, 6) is 0. The fourth-order valence-corrected chi connectivity index (χ4v) is 1.85. The fourth-order valence-electron chi connectivity index (χ4n) is 1.85. The van der Waals surface area contributed by atoms with E-state index in [9.17, 15) is 4.79 Å². The predicted molar refractivity (Wildman–Crippen MR) is 59.3 cm³/mol. The first-order valence-electron chi connectivity index (χ1n) is 5.18. The van der Waals surface area contributed by atoms with Crippen molar-refractivity contribution in [1.29, 1.82) is 0 Å². The van der Waals surface area contributed by atoms with E-state index in [-0.39, 0.29) is 0 Å². The van der Waals surface area contributed by atoms with Crippen LogP contribution in [0, 0.1) is 13.8 Å². The Bertz CT molecular complexity index is 484. The van der Waals surface area contributed by atoms with Crippen molar-refractivity contribution in [1.82, 2.24) is 19.6 Å². The van der Waals surface area contributed by atoms with Crippen molar-refractivity contribution >= 4 is 6.29 Å². The Morgan fingerprint density at radius 3 is 2.75 bits per heavy atom. The van der Waals surface area contributed by atoms with Gasteiger partial charge in [-0.2, -0.15) is 0 Å². The van der Waals surface area contributed by atoms with Gasteiger partial charge in [0.1, 0.15) is 0 Å². The van der Waals surface area contributed by atoms with E-state index in [1.54, 1.807) is 10.9 Å². The van der Waals surface area contributed by atoms with E-state index in [0.717, 1.165) is 36.3 Å². The molecule has 2 rings (SSSR count). The van der Waals surface area contributed by atoms with Crippen LogP contribution in [0.15, 0.2) is 18.5 Å². The number of aromatic nitrogens is 4. The molecule has 0 aliphatic heterocycles. The van der Waals surface area contributed by atoms with Crippen molar-refractivity contribution in [2.24, 2.45) is 0 Å². The molecule has 84 valence electrons. The molecule has 5 heteroatoms. The highest BCUT2D eigenvalue weighted by Crippen LogP contribution is 2.12. The van der Waals surface area contributed by atoms with E-state index >= 15 is 0 Å². The molecule has 0 spiro atoms. The van der Waals surface area contributed by atoms with Gasteiger partial charge in [0, 0.05) is 29.7 Å². The largest absolute Gasteiger partial charge is 0.347 e. The number of aryl methyl sites for hydroxylation is 2. The Labute approximate surface area is 93.7 Å². The smallest absolute Gasteiger partial charge is 0.151 e. The normalized spacial score (nSPS) is 10.6. The highest BCUT2D eigenvalue weighted by Gasteiger charge is 2.07. The summed E-state index contributed by atoms with van der Waals surface area (Å²) in [5.41, 5.74) is 2.86. The molecule has 2 aromatic heterocycles. The van der Waals surface area contributed by atoms with E-state index in [4.69, 9.17) is 0 Å². The molecule has 0 saturated carbocycles. The summed E-state index contributed by atoms with van der Waals surface area (Å²) in [4.78, 5) is 10.8. The van der Waals surface area contributed by atoms with E-state index in [1.165, 1.54) is 0 Å². The second kappa shape index (κ2) is 4.30. The first-order valence-corrected chi connectivity index (χ1v) is 5.18. The van der Waals surface area contributed by atoms with Gasteiger partial charge < -0.3 is 4.57 Å². The highest BCUT2D eigenvalue weighted by atomic mass is 16.1. The minimum absolute atomic E-state index is 0.759. The number of carbonyl (C=O) groups excluding carboxylic acids is 1. The van der Waals surface area contributed by atoms with Crippen LogP contribution in [-0.2, 0) is 13.1 Å². The third kappa shape index (κ3) is 1.88. The van der Waals surface area contributed by atoms with Gasteiger partial charge in [-0.15, -0.1) is 5.10 Å². The van der Waals surface area contributed by atoms with Gasteiger partial charge >= 0.3 is 0 Å². The van der Waals surface area contributed by atoms with Crippen molar-refractivity contribution < 1.29 is 4.79 Å². The first-order chi connectivity index (χ1) is 7.72. The molecular weight excluding hydrogens is 204 g/mol. The number of hydrogen-bond acceptors (Lipinski definition) is 3. The number of hydrogen-bond donors (Lipinski definition) is 0. The quantitative estimate of drug-likeness (QED) is 0.725. The Morgan fingerprint density at radius 2 is 2.19 bits per heavy atom. The molecule has 0 radical (unpaired) electrons. The van der Waals surface area contributed by atoms with Crippen LogP contribution in [0.25, 0.3) is 0 Å². The lowest BCUT2D eigenvalue weighted by atomic mass is 10.3. The molecule has 2 heterocycles. The number of carbonyl (C=O) groups is 1. The van der Waals surface area contributed by atoms with Crippen LogP contribution in [0.4, 0.5) is 0 Å². The van der Waals surface area contributed by atoms with E-state index < -0.39 is 0 Å². The van der Waals surface area contributed by atoms with E-state index in [1.807, 2.05) is 26.1 Å². The molecule has 0 amide bonds. The average Bonchev–Trinajstić information content (AvgIpc) is 2.86. The molecule has 0 aliphatic rings. The summed E-state index contributed by atoms with van der Waals surface area (Å²) in [5, 5.41) is 7.65. The second-order valence-electron chi connectivity index (χ2n) is 3.76. The molecule has 0 N–H and O–H groups in total. The maximum absolute atomic E-state index is 10.8. The van der Waals surface area contributed by atoms with Gasteiger partial charge in [-0.3, -0.25) is 9.48 Å². The monoisotopic (exact) mass is 218 g/mol. The van der Waals surface area contributed by atoms with Gasteiger partial charge in [0.2, 0.25) is 0 Å². The minimum Gasteiger partial charge on any atom is -0.347 e. The van der Waals surface area contributed by atoms with Gasteiger partial charge in [-0.1, -0.05) is 5.21 Å². The molecule has 0 atom stereocenters. The Balaban J connectivity index is 2.15. The topological polar surface area (TPSA) is 52.7 Å². The molecule has 0 aliphatic carbocycles. The Morgan fingerprint density at radius 1 is 1.38 bits per heavy atom. The molecular formula is C11H14N4O. The zero-order chi connectivity index (χ0) is 11.5. The van der Waals surface area contributed by atoms with Crippen molar-refractivity contribution in [2.45, 2.75) is 26.9 Å². The van der Waals surface area contributed by atoms with Crippen LogP contribution in [0.1, 0.15) is 21.7 Å². The van der Waals surface area contributed by atoms with Crippen LogP contribution >= 0.6 is 0 Å². The van der Waals surface area contributed by atoms with Crippen LogP contribution < -0.4 is 0 Å². The summed E-state index contributed by atoms with van der Waals surface area (Å²) in [6.45, 7) is 5.52. The van der Waals surface area contributed by atoms with Crippen LogP contribution in [0.2, 0.25) is 0 Å². The summed E-state index contributed by atoms with van der Waals surface area (Å²) in [6.07, 6.45) is 4.38. The lowest BCUT2D eigenvalue weighted by Gasteiger charge is -2.08. The van der Waals surface area contributed by atoms with Gasteiger partial charge in [0.15, 0.2) is 6.29 Å². The lowest BCUT2D eigenvalue weighted by Crippen LogP contribution is -2.10. The molecule has 16 heavy (non-hydrogen) atoms. The van der Waals surface area contributed by atoms with Gasteiger partial charge in [-0.05, 0) is 19.9 Å². The van der Waals surface area contributed by atoms with Crippen molar-refractivity contribution in [3.05, 3.63) is 35.4 Å². The van der Waals surface area contributed by atoms with Crippen molar-refractivity contribution in [2.75, 3.05) is 0 Å². The fraction of sp³-hybridized carbons (Fsp3) is 0.364. The Kier molecular flexibility index (Phi) is 2.85. The van der Waals surface area contributed by atoms with Gasteiger partial charge in [0.25, 0.3) is 0 Å². The predicted octanol–water partition coefficient (Wildman–Crippen LogP) is 1.21.